The molecule has 0 aliphatic heterocycles. The van der Waals surface area contributed by atoms with Crippen molar-refractivity contribution in [3.8, 4) is 10.7 Å². The first-order valence-electron chi connectivity index (χ1n) is 10.4. The summed E-state index contributed by atoms with van der Waals surface area (Å²) in [5.41, 5.74) is 2.74. The molecular formula is C24H23N5O2S2. The third-order valence-corrected chi connectivity index (χ3v) is 6.73. The van der Waals surface area contributed by atoms with E-state index in [9.17, 15) is 9.59 Å². The predicted octanol–water partition coefficient (Wildman–Crippen LogP) is 5.32. The zero-order valence-electron chi connectivity index (χ0n) is 18.2. The predicted molar refractivity (Wildman–Crippen MR) is 134 cm³/mol. The second kappa shape index (κ2) is 10.5. The molecule has 0 spiro atoms. The minimum absolute atomic E-state index is 0.161. The summed E-state index contributed by atoms with van der Waals surface area (Å²) in [6, 6.07) is 18.5. The third kappa shape index (κ3) is 5.50. The van der Waals surface area contributed by atoms with Crippen LogP contribution >= 0.6 is 23.1 Å². The SMILES string of the molecule is CCn1c(SCC(=O)Nc2cccc(NC(=O)c3ccccc3C)c2)nnc1-c1cccs1. The van der Waals surface area contributed by atoms with Gasteiger partial charge in [-0.05, 0) is 55.1 Å². The number of carbonyl (C=O) groups excluding carboxylic acids is 2. The van der Waals surface area contributed by atoms with Crippen molar-refractivity contribution in [3.05, 3.63) is 77.2 Å². The monoisotopic (exact) mass is 477 g/mol. The Labute approximate surface area is 200 Å². The van der Waals surface area contributed by atoms with E-state index in [2.05, 4.69) is 20.8 Å². The third-order valence-electron chi connectivity index (χ3n) is 4.90. The number of nitrogens with one attached hydrogen (secondary N) is 2. The molecular weight excluding hydrogens is 454 g/mol. The van der Waals surface area contributed by atoms with Crippen LogP contribution in [0, 0.1) is 6.92 Å². The summed E-state index contributed by atoms with van der Waals surface area (Å²) in [5.74, 6) is 0.660. The Balaban J connectivity index is 1.37. The Morgan fingerprint density at radius 3 is 2.52 bits per heavy atom. The van der Waals surface area contributed by atoms with Crippen molar-refractivity contribution in [1.29, 1.82) is 0 Å². The molecule has 0 bridgehead atoms. The second-order valence-electron chi connectivity index (χ2n) is 7.21. The lowest BCUT2D eigenvalue weighted by atomic mass is 10.1. The number of amides is 2. The smallest absolute Gasteiger partial charge is 0.255 e. The average Bonchev–Trinajstić information content (AvgIpc) is 3.47. The molecule has 0 aliphatic rings. The fourth-order valence-electron chi connectivity index (χ4n) is 3.30. The van der Waals surface area contributed by atoms with Gasteiger partial charge in [0.15, 0.2) is 11.0 Å². The number of thiophene rings is 1. The van der Waals surface area contributed by atoms with Crippen LogP contribution in [0.4, 0.5) is 11.4 Å². The van der Waals surface area contributed by atoms with E-state index in [4.69, 9.17) is 0 Å². The van der Waals surface area contributed by atoms with Crippen LogP contribution in [-0.4, -0.2) is 32.3 Å². The Morgan fingerprint density at radius 1 is 1.00 bits per heavy atom. The molecule has 0 fully saturated rings. The molecule has 0 aliphatic carbocycles. The van der Waals surface area contributed by atoms with Crippen LogP contribution in [-0.2, 0) is 11.3 Å². The first kappa shape index (κ1) is 22.8. The van der Waals surface area contributed by atoms with Crippen LogP contribution in [0.15, 0.2) is 71.2 Å². The van der Waals surface area contributed by atoms with Gasteiger partial charge in [0.2, 0.25) is 5.91 Å². The van der Waals surface area contributed by atoms with Gasteiger partial charge in [-0.3, -0.25) is 9.59 Å². The molecule has 168 valence electrons. The first-order valence-corrected chi connectivity index (χ1v) is 12.3. The number of anilines is 2. The van der Waals surface area contributed by atoms with Gasteiger partial charge in [0.05, 0.1) is 10.6 Å². The molecule has 0 saturated heterocycles. The Hall–Kier alpha value is -3.43. The summed E-state index contributed by atoms with van der Waals surface area (Å²) in [5, 5.41) is 17.0. The number of aromatic nitrogens is 3. The second-order valence-corrected chi connectivity index (χ2v) is 9.10. The molecule has 0 saturated carbocycles. The van der Waals surface area contributed by atoms with Crippen LogP contribution in [0.25, 0.3) is 10.7 Å². The Morgan fingerprint density at radius 2 is 1.79 bits per heavy atom. The highest BCUT2D eigenvalue weighted by molar-refractivity contribution is 7.99. The number of nitrogens with zero attached hydrogens (tertiary/aromatic N) is 3. The van der Waals surface area contributed by atoms with Gasteiger partial charge in [-0.15, -0.1) is 21.5 Å². The van der Waals surface area contributed by atoms with Crippen LogP contribution in [0.5, 0.6) is 0 Å². The number of aryl methyl sites for hydroxylation is 1. The lowest BCUT2D eigenvalue weighted by molar-refractivity contribution is -0.113. The van der Waals surface area contributed by atoms with Gasteiger partial charge in [-0.25, -0.2) is 0 Å². The molecule has 2 heterocycles. The molecule has 2 amide bonds. The van der Waals surface area contributed by atoms with Gasteiger partial charge in [-0.1, -0.05) is 42.1 Å². The molecule has 0 unspecified atom stereocenters. The van der Waals surface area contributed by atoms with E-state index in [0.29, 0.717) is 28.6 Å². The molecule has 0 atom stereocenters. The van der Waals surface area contributed by atoms with Gasteiger partial charge < -0.3 is 15.2 Å². The van der Waals surface area contributed by atoms with Crippen molar-refractivity contribution in [2.45, 2.75) is 25.5 Å². The van der Waals surface area contributed by atoms with E-state index in [-0.39, 0.29) is 17.6 Å². The largest absolute Gasteiger partial charge is 0.325 e. The van der Waals surface area contributed by atoms with Gasteiger partial charge in [0.1, 0.15) is 0 Å². The van der Waals surface area contributed by atoms with Crippen molar-refractivity contribution < 1.29 is 9.59 Å². The van der Waals surface area contributed by atoms with E-state index in [1.54, 1.807) is 41.7 Å². The molecule has 2 N–H and O–H groups in total. The number of benzene rings is 2. The highest BCUT2D eigenvalue weighted by Gasteiger charge is 2.15. The molecule has 2 aromatic heterocycles. The van der Waals surface area contributed by atoms with E-state index in [1.165, 1.54) is 11.8 Å². The van der Waals surface area contributed by atoms with Gasteiger partial charge >= 0.3 is 0 Å². The first-order chi connectivity index (χ1) is 16.0. The van der Waals surface area contributed by atoms with Gasteiger partial charge in [0, 0.05) is 23.5 Å². The maximum Gasteiger partial charge on any atom is 0.255 e. The standard InChI is InChI=1S/C24H23N5O2S2/c1-3-29-22(20-12-7-13-32-20)27-28-24(29)33-15-21(30)25-17-9-6-10-18(14-17)26-23(31)19-11-5-4-8-16(19)2/h4-14H,3,15H2,1-2H3,(H,25,30)(H,26,31). The minimum Gasteiger partial charge on any atom is -0.325 e. The molecule has 2 aromatic carbocycles. The number of hydrogen-bond acceptors (Lipinski definition) is 6. The molecule has 33 heavy (non-hydrogen) atoms. The average molecular weight is 478 g/mol. The fourth-order valence-corrected chi connectivity index (χ4v) is 4.82. The van der Waals surface area contributed by atoms with Crippen molar-refractivity contribution in [3.63, 3.8) is 0 Å². The lowest BCUT2D eigenvalue weighted by Crippen LogP contribution is -2.16. The van der Waals surface area contributed by atoms with Crippen LogP contribution in [0.1, 0.15) is 22.8 Å². The van der Waals surface area contributed by atoms with Gasteiger partial charge in [0.25, 0.3) is 5.91 Å². The highest BCUT2D eigenvalue weighted by atomic mass is 32.2. The molecule has 0 radical (unpaired) electrons. The summed E-state index contributed by atoms with van der Waals surface area (Å²) >= 11 is 2.95. The van der Waals surface area contributed by atoms with E-state index in [1.807, 2.05) is 54.1 Å². The summed E-state index contributed by atoms with van der Waals surface area (Å²) in [6.07, 6.45) is 0. The van der Waals surface area contributed by atoms with E-state index < -0.39 is 0 Å². The molecule has 4 aromatic rings. The lowest BCUT2D eigenvalue weighted by Gasteiger charge is -2.10. The summed E-state index contributed by atoms with van der Waals surface area (Å²) < 4.78 is 2.01. The van der Waals surface area contributed by atoms with Crippen LogP contribution < -0.4 is 10.6 Å². The zero-order chi connectivity index (χ0) is 23.2. The maximum atomic E-state index is 12.6. The summed E-state index contributed by atoms with van der Waals surface area (Å²) in [4.78, 5) is 26.2. The Kier molecular flexibility index (Phi) is 7.21. The van der Waals surface area contributed by atoms with Crippen LogP contribution in [0.3, 0.4) is 0 Å². The Bertz CT molecular complexity index is 1270. The zero-order valence-corrected chi connectivity index (χ0v) is 19.9. The van der Waals surface area contributed by atoms with Crippen LogP contribution in [0.2, 0.25) is 0 Å². The van der Waals surface area contributed by atoms with E-state index in [0.717, 1.165) is 16.3 Å². The number of thioether (sulfide) groups is 1. The fraction of sp³-hybridized carbons (Fsp3) is 0.167. The minimum atomic E-state index is -0.187. The number of carbonyl (C=O) groups is 2. The summed E-state index contributed by atoms with van der Waals surface area (Å²) in [7, 11) is 0. The van der Waals surface area contributed by atoms with Gasteiger partial charge in [-0.2, -0.15) is 0 Å². The highest BCUT2D eigenvalue weighted by Crippen LogP contribution is 2.27. The van der Waals surface area contributed by atoms with Crippen molar-refractivity contribution in [2.75, 3.05) is 16.4 Å². The maximum absolute atomic E-state index is 12.6. The molecule has 9 heteroatoms. The molecule has 4 rings (SSSR count). The molecule has 7 nitrogen and oxygen atoms in total. The number of rotatable bonds is 8. The van der Waals surface area contributed by atoms with Crippen molar-refractivity contribution in [2.24, 2.45) is 0 Å². The topological polar surface area (TPSA) is 88.9 Å². The summed E-state index contributed by atoms with van der Waals surface area (Å²) in [6.45, 7) is 4.64. The quantitative estimate of drug-likeness (QED) is 0.335. The van der Waals surface area contributed by atoms with Crippen molar-refractivity contribution >= 4 is 46.3 Å². The van der Waals surface area contributed by atoms with E-state index >= 15 is 0 Å². The normalized spacial score (nSPS) is 10.7. The van der Waals surface area contributed by atoms with Crippen molar-refractivity contribution in [1.82, 2.24) is 14.8 Å². The number of hydrogen-bond donors (Lipinski definition) is 2.